The van der Waals surface area contributed by atoms with E-state index in [-0.39, 0.29) is 12.5 Å². The maximum atomic E-state index is 11.8. The van der Waals surface area contributed by atoms with Crippen LogP contribution in [0.5, 0.6) is 5.75 Å². The van der Waals surface area contributed by atoms with Gasteiger partial charge in [0.2, 0.25) is 0 Å². The fourth-order valence-corrected chi connectivity index (χ4v) is 1.98. The third-order valence-corrected chi connectivity index (χ3v) is 3.03. The van der Waals surface area contributed by atoms with Gasteiger partial charge in [0, 0.05) is 10.7 Å². The van der Waals surface area contributed by atoms with Crippen LogP contribution in [0.15, 0.2) is 42.5 Å². The fraction of sp³-hybridized carbons (Fsp3) is 0.125. The number of nitrogens with one attached hydrogen (secondary N) is 1. The Balaban J connectivity index is 1.94. The molecule has 106 valence electrons. The van der Waals surface area contributed by atoms with Crippen molar-refractivity contribution in [3.8, 4) is 11.8 Å². The van der Waals surface area contributed by atoms with Crippen molar-refractivity contribution in [1.82, 2.24) is 0 Å². The van der Waals surface area contributed by atoms with Gasteiger partial charge in [-0.05, 0) is 48.9 Å². The Morgan fingerprint density at radius 3 is 2.86 bits per heavy atom. The molecular weight excluding hydrogens is 288 g/mol. The predicted molar refractivity (Wildman–Crippen MR) is 81.5 cm³/mol. The lowest BCUT2D eigenvalue weighted by atomic mass is 10.2. The van der Waals surface area contributed by atoms with E-state index in [1.807, 2.05) is 13.0 Å². The van der Waals surface area contributed by atoms with Crippen LogP contribution >= 0.6 is 11.6 Å². The van der Waals surface area contributed by atoms with Crippen molar-refractivity contribution < 1.29 is 9.53 Å². The molecule has 0 bridgehead atoms. The van der Waals surface area contributed by atoms with Crippen molar-refractivity contribution in [2.24, 2.45) is 0 Å². The van der Waals surface area contributed by atoms with E-state index in [0.717, 1.165) is 5.56 Å². The van der Waals surface area contributed by atoms with Gasteiger partial charge in [-0.15, -0.1) is 0 Å². The zero-order valence-electron chi connectivity index (χ0n) is 11.4. The smallest absolute Gasteiger partial charge is 0.262 e. The van der Waals surface area contributed by atoms with E-state index < -0.39 is 0 Å². The van der Waals surface area contributed by atoms with E-state index in [9.17, 15) is 4.79 Å². The molecule has 0 saturated heterocycles. The van der Waals surface area contributed by atoms with Gasteiger partial charge in [0.25, 0.3) is 5.91 Å². The van der Waals surface area contributed by atoms with Crippen molar-refractivity contribution in [2.75, 3.05) is 11.9 Å². The number of rotatable bonds is 4. The largest absolute Gasteiger partial charge is 0.484 e. The summed E-state index contributed by atoms with van der Waals surface area (Å²) in [6.45, 7) is 1.73. The van der Waals surface area contributed by atoms with Crippen molar-refractivity contribution >= 4 is 23.2 Å². The maximum Gasteiger partial charge on any atom is 0.262 e. The van der Waals surface area contributed by atoms with Crippen LogP contribution in [-0.2, 0) is 4.79 Å². The highest BCUT2D eigenvalue weighted by molar-refractivity contribution is 6.30. The van der Waals surface area contributed by atoms with Gasteiger partial charge in [-0.1, -0.05) is 17.7 Å². The minimum absolute atomic E-state index is 0.128. The monoisotopic (exact) mass is 300 g/mol. The Morgan fingerprint density at radius 2 is 2.14 bits per heavy atom. The topological polar surface area (TPSA) is 62.1 Å². The van der Waals surface area contributed by atoms with Gasteiger partial charge in [-0.2, -0.15) is 5.26 Å². The minimum atomic E-state index is -0.275. The molecule has 0 spiro atoms. The van der Waals surface area contributed by atoms with Gasteiger partial charge < -0.3 is 10.1 Å². The van der Waals surface area contributed by atoms with E-state index in [1.54, 1.807) is 42.5 Å². The van der Waals surface area contributed by atoms with Gasteiger partial charge in [0.15, 0.2) is 6.61 Å². The maximum absolute atomic E-state index is 11.8. The lowest BCUT2D eigenvalue weighted by molar-refractivity contribution is -0.118. The summed E-state index contributed by atoms with van der Waals surface area (Å²) < 4.78 is 5.36. The zero-order valence-corrected chi connectivity index (χ0v) is 12.1. The molecule has 0 saturated carbocycles. The van der Waals surface area contributed by atoms with E-state index in [2.05, 4.69) is 5.32 Å². The van der Waals surface area contributed by atoms with Crippen LogP contribution in [0.4, 0.5) is 5.69 Å². The summed E-state index contributed by atoms with van der Waals surface area (Å²) in [6, 6.07) is 13.9. The lowest BCUT2D eigenvalue weighted by Gasteiger charge is -2.10. The molecule has 0 fully saturated rings. The Labute approximate surface area is 127 Å². The molecule has 2 aromatic rings. The second-order valence-corrected chi connectivity index (χ2v) is 4.87. The molecule has 0 aliphatic rings. The highest BCUT2D eigenvalue weighted by Crippen LogP contribution is 2.19. The Bertz CT molecular complexity index is 708. The van der Waals surface area contributed by atoms with E-state index in [1.165, 1.54) is 0 Å². The van der Waals surface area contributed by atoms with E-state index >= 15 is 0 Å². The molecule has 1 amide bonds. The number of amides is 1. The molecule has 2 rings (SSSR count). The molecule has 1 N–H and O–H groups in total. The average Bonchev–Trinajstić information content (AvgIpc) is 2.48. The molecule has 21 heavy (non-hydrogen) atoms. The van der Waals surface area contributed by atoms with Crippen LogP contribution in [-0.4, -0.2) is 12.5 Å². The molecule has 0 aliphatic heterocycles. The van der Waals surface area contributed by atoms with Crippen molar-refractivity contribution in [1.29, 1.82) is 5.26 Å². The summed E-state index contributed by atoms with van der Waals surface area (Å²) in [4.78, 5) is 11.8. The first kappa shape index (κ1) is 14.9. The number of aryl methyl sites for hydroxylation is 1. The van der Waals surface area contributed by atoms with Gasteiger partial charge >= 0.3 is 0 Å². The average molecular weight is 301 g/mol. The molecule has 0 aliphatic carbocycles. The Morgan fingerprint density at radius 1 is 1.33 bits per heavy atom. The standard InChI is InChI=1S/C16H13ClN2O2/c1-11-7-13(17)5-6-15(11)19-16(20)10-21-14-4-2-3-12(8-14)9-18/h2-8H,10H2,1H3,(H,19,20). The van der Waals surface area contributed by atoms with Crippen LogP contribution in [0.1, 0.15) is 11.1 Å². The number of hydrogen-bond donors (Lipinski definition) is 1. The number of carbonyl (C=O) groups excluding carboxylic acids is 1. The fourth-order valence-electron chi connectivity index (χ4n) is 1.76. The lowest BCUT2D eigenvalue weighted by Crippen LogP contribution is -2.20. The number of benzene rings is 2. The summed E-state index contributed by atoms with van der Waals surface area (Å²) in [5, 5.41) is 12.2. The van der Waals surface area contributed by atoms with Gasteiger partial charge in [-0.25, -0.2) is 0 Å². The minimum Gasteiger partial charge on any atom is -0.484 e. The van der Waals surface area contributed by atoms with Crippen LogP contribution in [0.2, 0.25) is 5.02 Å². The Kier molecular flexibility index (Phi) is 4.81. The number of halogens is 1. The third-order valence-electron chi connectivity index (χ3n) is 2.80. The molecule has 4 nitrogen and oxygen atoms in total. The second kappa shape index (κ2) is 6.78. The van der Waals surface area contributed by atoms with Gasteiger partial charge in [-0.3, -0.25) is 4.79 Å². The summed E-state index contributed by atoms with van der Waals surface area (Å²) >= 11 is 5.86. The van der Waals surface area contributed by atoms with Crippen LogP contribution in [0.3, 0.4) is 0 Å². The normalized spacial score (nSPS) is 9.76. The molecular formula is C16H13ClN2O2. The van der Waals surface area contributed by atoms with Crippen LogP contribution < -0.4 is 10.1 Å². The molecule has 0 aromatic heterocycles. The predicted octanol–water partition coefficient (Wildman–Crippen LogP) is 3.54. The molecule has 2 aromatic carbocycles. The van der Waals surface area contributed by atoms with Gasteiger partial charge in [0.05, 0.1) is 11.6 Å². The molecule has 0 heterocycles. The number of nitrogens with zero attached hydrogens (tertiary/aromatic N) is 1. The number of anilines is 1. The van der Waals surface area contributed by atoms with Crippen molar-refractivity contribution in [2.45, 2.75) is 6.92 Å². The van der Waals surface area contributed by atoms with E-state index in [0.29, 0.717) is 22.0 Å². The number of ether oxygens (including phenoxy) is 1. The zero-order chi connectivity index (χ0) is 15.2. The summed E-state index contributed by atoms with van der Waals surface area (Å²) in [7, 11) is 0. The quantitative estimate of drug-likeness (QED) is 0.939. The second-order valence-electron chi connectivity index (χ2n) is 4.44. The Hall–Kier alpha value is -2.51. The van der Waals surface area contributed by atoms with Crippen molar-refractivity contribution in [3.05, 3.63) is 58.6 Å². The number of hydrogen-bond acceptors (Lipinski definition) is 3. The van der Waals surface area contributed by atoms with Gasteiger partial charge in [0.1, 0.15) is 5.75 Å². The summed E-state index contributed by atoms with van der Waals surface area (Å²) in [5.74, 6) is 0.208. The third kappa shape index (κ3) is 4.23. The number of nitriles is 1. The number of carbonyl (C=O) groups is 1. The van der Waals surface area contributed by atoms with E-state index in [4.69, 9.17) is 21.6 Å². The van der Waals surface area contributed by atoms with Crippen molar-refractivity contribution in [3.63, 3.8) is 0 Å². The molecule has 0 atom stereocenters. The first-order chi connectivity index (χ1) is 10.1. The first-order valence-electron chi connectivity index (χ1n) is 6.27. The molecule has 5 heteroatoms. The summed E-state index contributed by atoms with van der Waals surface area (Å²) in [6.07, 6.45) is 0. The first-order valence-corrected chi connectivity index (χ1v) is 6.65. The molecule has 0 unspecified atom stereocenters. The highest BCUT2D eigenvalue weighted by atomic mass is 35.5. The highest BCUT2D eigenvalue weighted by Gasteiger charge is 2.06. The van der Waals surface area contributed by atoms with Crippen LogP contribution in [0.25, 0.3) is 0 Å². The SMILES string of the molecule is Cc1cc(Cl)ccc1NC(=O)COc1cccc(C#N)c1. The summed E-state index contributed by atoms with van der Waals surface area (Å²) in [5.41, 5.74) is 2.06. The van der Waals surface area contributed by atoms with Crippen LogP contribution in [0, 0.1) is 18.3 Å². The molecule has 0 radical (unpaired) electrons.